The number of urea groups is 1. The highest BCUT2D eigenvalue weighted by molar-refractivity contribution is 5.99. The van der Waals surface area contributed by atoms with Gasteiger partial charge < -0.3 is 11.1 Å². The lowest BCUT2D eigenvalue weighted by Crippen LogP contribution is -2.35. The molecule has 0 aliphatic carbocycles. The molecule has 16 heavy (non-hydrogen) atoms. The van der Waals surface area contributed by atoms with Gasteiger partial charge in [-0.3, -0.25) is 10.0 Å². The molecule has 0 fully saturated rings. The summed E-state index contributed by atoms with van der Waals surface area (Å²) < 4.78 is 0. The zero-order valence-electron chi connectivity index (χ0n) is 8.51. The Hall–Kier alpha value is -1.79. The van der Waals surface area contributed by atoms with Crippen molar-refractivity contribution in [2.45, 2.75) is 6.92 Å². The Morgan fingerprint density at radius 2 is 1.81 bits per heavy atom. The van der Waals surface area contributed by atoms with Crippen LogP contribution in [0.15, 0.2) is 24.3 Å². The summed E-state index contributed by atoms with van der Waals surface area (Å²) in [6.07, 6.45) is 0. The third kappa shape index (κ3) is 3.76. The second-order valence-corrected chi connectivity index (χ2v) is 2.88. The summed E-state index contributed by atoms with van der Waals surface area (Å²) in [6, 6.07) is 5.38. The molecule has 0 aliphatic heterocycles. The normalized spacial score (nSPS) is 8.88. The third-order valence-corrected chi connectivity index (χ3v) is 1.65. The molecule has 1 aromatic carbocycles. The van der Waals surface area contributed by atoms with Crippen LogP contribution in [0.4, 0.5) is 16.2 Å². The third-order valence-electron chi connectivity index (χ3n) is 1.65. The zero-order chi connectivity index (χ0) is 11.4. The van der Waals surface area contributed by atoms with Crippen molar-refractivity contribution in [1.29, 1.82) is 0 Å². The van der Waals surface area contributed by atoms with E-state index in [0.29, 0.717) is 11.4 Å². The minimum absolute atomic E-state index is 0. The molecule has 6 nitrogen and oxygen atoms in total. The number of carbonyl (C=O) groups is 2. The molecular weight excluding hydrogens is 234 g/mol. The first-order chi connectivity index (χ1) is 7.00. The maximum atomic E-state index is 11.2. The largest absolute Gasteiger partial charge is 0.399 e. The number of nitrogens with zero attached hydrogens (tertiary/aromatic N) is 1. The van der Waals surface area contributed by atoms with E-state index in [4.69, 9.17) is 10.9 Å². The van der Waals surface area contributed by atoms with Gasteiger partial charge in [0.05, 0.1) is 0 Å². The van der Waals surface area contributed by atoms with Crippen molar-refractivity contribution in [3.8, 4) is 0 Å². The van der Waals surface area contributed by atoms with Crippen LogP contribution in [-0.2, 0) is 4.79 Å². The van der Waals surface area contributed by atoms with Crippen molar-refractivity contribution in [2.75, 3.05) is 11.1 Å². The Kier molecular flexibility index (Phi) is 5.27. The SMILES string of the molecule is CC(=O)N(O)C(=O)Nc1ccc(N)cc1.Cl. The van der Waals surface area contributed by atoms with Crippen LogP contribution >= 0.6 is 12.4 Å². The fraction of sp³-hybridized carbons (Fsp3) is 0.111. The van der Waals surface area contributed by atoms with E-state index in [9.17, 15) is 9.59 Å². The average molecular weight is 246 g/mol. The second-order valence-electron chi connectivity index (χ2n) is 2.88. The highest BCUT2D eigenvalue weighted by Crippen LogP contribution is 2.10. The van der Waals surface area contributed by atoms with Crippen LogP contribution in [0.5, 0.6) is 0 Å². The first kappa shape index (κ1) is 14.2. The maximum Gasteiger partial charge on any atom is 0.353 e. The van der Waals surface area contributed by atoms with E-state index in [2.05, 4.69) is 5.32 Å². The number of hydroxylamine groups is 2. The monoisotopic (exact) mass is 245 g/mol. The van der Waals surface area contributed by atoms with Crippen LogP contribution < -0.4 is 11.1 Å². The van der Waals surface area contributed by atoms with Gasteiger partial charge >= 0.3 is 6.03 Å². The zero-order valence-corrected chi connectivity index (χ0v) is 9.32. The fourth-order valence-corrected chi connectivity index (χ4v) is 0.886. The second kappa shape index (κ2) is 5.94. The van der Waals surface area contributed by atoms with Crippen molar-refractivity contribution >= 4 is 35.7 Å². The molecule has 0 aromatic heterocycles. The number of nitrogen functional groups attached to an aromatic ring is 1. The smallest absolute Gasteiger partial charge is 0.353 e. The molecule has 0 heterocycles. The molecule has 88 valence electrons. The molecular formula is C9H12ClN3O3. The van der Waals surface area contributed by atoms with E-state index in [1.54, 1.807) is 24.3 Å². The van der Waals surface area contributed by atoms with Crippen LogP contribution in [0.2, 0.25) is 0 Å². The molecule has 0 unspecified atom stereocenters. The molecule has 0 spiro atoms. The molecule has 0 saturated heterocycles. The minimum atomic E-state index is -0.910. The Morgan fingerprint density at radius 3 is 2.25 bits per heavy atom. The molecule has 0 saturated carbocycles. The molecule has 4 N–H and O–H groups in total. The van der Waals surface area contributed by atoms with Gasteiger partial charge in [0.2, 0.25) is 0 Å². The van der Waals surface area contributed by atoms with E-state index in [1.165, 1.54) is 0 Å². The van der Waals surface area contributed by atoms with Crippen LogP contribution in [0.1, 0.15) is 6.92 Å². The van der Waals surface area contributed by atoms with Gasteiger partial charge in [-0.15, -0.1) is 17.5 Å². The van der Waals surface area contributed by atoms with Crippen molar-refractivity contribution in [3.63, 3.8) is 0 Å². The average Bonchev–Trinajstić information content (AvgIpc) is 2.20. The minimum Gasteiger partial charge on any atom is -0.399 e. The highest BCUT2D eigenvalue weighted by atomic mass is 35.5. The molecule has 0 radical (unpaired) electrons. The summed E-state index contributed by atoms with van der Waals surface area (Å²) in [6.45, 7) is 1.07. The van der Waals surface area contributed by atoms with Gasteiger partial charge in [0, 0.05) is 18.3 Å². The number of carbonyl (C=O) groups excluding carboxylic acids is 2. The van der Waals surface area contributed by atoms with E-state index in [-0.39, 0.29) is 17.5 Å². The molecule has 7 heteroatoms. The van der Waals surface area contributed by atoms with E-state index >= 15 is 0 Å². The van der Waals surface area contributed by atoms with Gasteiger partial charge in [0.15, 0.2) is 0 Å². The summed E-state index contributed by atoms with van der Waals surface area (Å²) >= 11 is 0. The number of benzene rings is 1. The molecule has 1 rings (SSSR count). The molecule has 0 bridgehead atoms. The van der Waals surface area contributed by atoms with Crippen molar-refractivity contribution in [3.05, 3.63) is 24.3 Å². The number of imide groups is 1. The molecule has 0 atom stereocenters. The summed E-state index contributed by atoms with van der Waals surface area (Å²) in [5.41, 5.74) is 6.43. The standard InChI is InChI=1S/C9H11N3O3.ClH/c1-6(13)12(15)9(14)11-8-4-2-7(10)3-5-8;/h2-5,15H,10H2,1H3,(H,11,14);1H. The van der Waals surface area contributed by atoms with E-state index < -0.39 is 11.9 Å². The first-order valence-electron chi connectivity index (χ1n) is 4.17. The van der Waals surface area contributed by atoms with Crippen molar-refractivity contribution in [2.24, 2.45) is 0 Å². The highest BCUT2D eigenvalue weighted by Gasteiger charge is 2.14. The summed E-state index contributed by atoms with van der Waals surface area (Å²) in [4.78, 5) is 21.8. The number of hydrogen-bond acceptors (Lipinski definition) is 4. The topological polar surface area (TPSA) is 95.7 Å². The first-order valence-corrected chi connectivity index (χ1v) is 4.17. The van der Waals surface area contributed by atoms with Gasteiger partial charge in [0.1, 0.15) is 0 Å². The molecule has 3 amide bonds. The van der Waals surface area contributed by atoms with Gasteiger partial charge in [0.25, 0.3) is 5.91 Å². The summed E-state index contributed by atoms with van der Waals surface area (Å²) in [5, 5.41) is 11.3. The summed E-state index contributed by atoms with van der Waals surface area (Å²) in [7, 11) is 0. The van der Waals surface area contributed by atoms with Crippen LogP contribution in [0.3, 0.4) is 0 Å². The number of amides is 3. The number of nitrogens with one attached hydrogen (secondary N) is 1. The van der Waals surface area contributed by atoms with E-state index in [1.807, 2.05) is 0 Å². The van der Waals surface area contributed by atoms with Gasteiger partial charge in [-0.25, -0.2) is 4.79 Å². The maximum absolute atomic E-state index is 11.2. The van der Waals surface area contributed by atoms with Gasteiger partial charge in [-0.05, 0) is 24.3 Å². The summed E-state index contributed by atoms with van der Waals surface area (Å²) in [5.74, 6) is -0.761. The number of rotatable bonds is 1. The lowest BCUT2D eigenvalue weighted by Gasteiger charge is -2.11. The number of nitrogens with two attached hydrogens (primary N) is 1. The predicted molar refractivity (Wildman–Crippen MR) is 61.4 cm³/mol. The van der Waals surface area contributed by atoms with Crippen LogP contribution in [0, 0.1) is 0 Å². The predicted octanol–water partition coefficient (Wildman–Crippen LogP) is 1.46. The van der Waals surface area contributed by atoms with E-state index in [0.717, 1.165) is 6.92 Å². The van der Waals surface area contributed by atoms with Gasteiger partial charge in [-0.2, -0.15) is 0 Å². The van der Waals surface area contributed by atoms with Crippen LogP contribution in [-0.4, -0.2) is 22.2 Å². The quantitative estimate of drug-likeness (QED) is 0.396. The van der Waals surface area contributed by atoms with Crippen LogP contribution in [0.25, 0.3) is 0 Å². The Balaban J connectivity index is 0.00000225. The Bertz CT molecular complexity index is 380. The number of anilines is 2. The van der Waals surface area contributed by atoms with Crippen molar-refractivity contribution < 1.29 is 14.8 Å². The number of hydrogen-bond donors (Lipinski definition) is 3. The number of halogens is 1. The Labute approximate surface area is 98.4 Å². The van der Waals surface area contributed by atoms with Crippen molar-refractivity contribution in [1.82, 2.24) is 5.06 Å². The Morgan fingerprint density at radius 1 is 1.31 bits per heavy atom. The molecule has 1 aromatic rings. The lowest BCUT2D eigenvalue weighted by atomic mass is 10.3. The lowest BCUT2D eigenvalue weighted by molar-refractivity contribution is -0.149. The molecule has 0 aliphatic rings. The fourth-order valence-electron chi connectivity index (χ4n) is 0.886. The van der Waals surface area contributed by atoms with Gasteiger partial charge in [-0.1, -0.05) is 0 Å².